The SMILES string of the molecule is CC(C)n1cc[n+](CC(C)(C)[O-])c1. The summed E-state index contributed by atoms with van der Waals surface area (Å²) in [7, 11) is 0. The van der Waals surface area contributed by atoms with Gasteiger partial charge < -0.3 is 5.11 Å². The van der Waals surface area contributed by atoms with Crippen LogP contribution >= 0.6 is 0 Å². The highest BCUT2D eigenvalue weighted by atomic mass is 16.3. The Morgan fingerprint density at radius 2 is 2.08 bits per heavy atom. The standard InChI is InChI=1S/C10H18N2O/c1-9(2)12-6-5-11(8-12)7-10(3,4)13/h5-6,8-9H,7H2,1-4H3. The van der Waals surface area contributed by atoms with E-state index in [1.807, 2.05) is 23.3 Å². The van der Waals surface area contributed by atoms with Gasteiger partial charge in [0.2, 0.25) is 6.33 Å². The predicted molar refractivity (Wildman–Crippen MR) is 49.1 cm³/mol. The molecule has 0 fully saturated rings. The molecule has 0 saturated heterocycles. The van der Waals surface area contributed by atoms with Gasteiger partial charge in [-0.25, -0.2) is 9.13 Å². The van der Waals surface area contributed by atoms with Gasteiger partial charge in [0.05, 0.1) is 12.6 Å². The fourth-order valence-corrected chi connectivity index (χ4v) is 1.25. The molecule has 0 bridgehead atoms. The topological polar surface area (TPSA) is 31.9 Å². The van der Waals surface area contributed by atoms with E-state index in [2.05, 4.69) is 18.4 Å². The van der Waals surface area contributed by atoms with Crippen molar-refractivity contribution in [1.82, 2.24) is 4.57 Å². The summed E-state index contributed by atoms with van der Waals surface area (Å²) in [4.78, 5) is 0. The number of hydrogen-bond acceptors (Lipinski definition) is 1. The molecule has 0 radical (unpaired) electrons. The molecule has 1 rings (SSSR count). The van der Waals surface area contributed by atoms with E-state index >= 15 is 0 Å². The van der Waals surface area contributed by atoms with Crippen LogP contribution in [-0.4, -0.2) is 10.2 Å². The van der Waals surface area contributed by atoms with E-state index in [1.165, 1.54) is 0 Å². The van der Waals surface area contributed by atoms with Gasteiger partial charge in [-0.2, -0.15) is 0 Å². The van der Waals surface area contributed by atoms with E-state index in [-0.39, 0.29) is 0 Å². The summed E-state index contributed by atoms with van der Waals surface area (Å²) in [5.74, 6) is 0. The maximum atomic E-state index is 11.4. The van der Waals surface area contributed by atoms with Crippen molar-refractivity contribution in [3.8, 4) is 0 Å². The normalized spacial score (nSPS) is 12.5. The van der Waals surface area contributed by atoms with Crippen molar-refractivity contribution in [2.24, 2.45) is 0 Å². The van der Waals surface area contributed by atoms with E-state index in [0.717, 1.165) is 0 Å². The minimum absolute atomic E-state index is 0.455. The molecular weight excluding hydrogens is 164 g/mol. The minimum atomic E-state index is -0.895. The summed E-state index contributed by atoms with van der Waals surface area (Å²) < 4.78 is 4.03. The van der Waals surface area contributed by atoms with Crippen LogP contribution in [0.4, 0.5) is 0 Å². The molecule has 1 aromatic heterocycles. The summed E-state index contributed by atoms with van der Waals surface area (Å²) in [6.45, 7) is 8.16. The summed E-state index contributed by atoms with van der Waals surface area (Å²) in [5, 5.41) is 11.4. The molecule has 3 nitrogen and oxygen atoms in total. The molecule has 0 amide bonds. The third-order valence-corrected chi connectivity index (χ3v) is 1.87. The highest BCUT2D eigenvalue weighted by Crippen LogP contribution is 2.01. The second-order valence-electron chi connectivity index (χ2n) is 4.39. The summed E-state index contributed by atoms with van der Waals surface area (Å²) >= 11 is 0. The second-order valence-corrected chi connectivity index (χ2v) is 4.39. The second kappa shape index (κ2) is 3.50. The van der Waals surface area contributed by atoms with Gasteiger partial charge in [0.1, 0.15) is 12.4 Å². The molecular formula is C10H18N2O. The van der Waals surface area contributed by atoms with Crippen molar-refractivity contribution < 1.29 is 9.67 Å². The van der Waals surface area contributed by atoms with Gasteiger partial charge in [0, 0.05) is 0 Å². The van der Waals surface area contributed by atoms with Crippen molar-refractivity contribution in [3.63, 3.8) is 0 Å². The third-order valence-electron chi connectivity index (χ3n) is 1.87. The zero-order valence-electron chi connectivity index (χ0n) is 8.82. The van der Waals surface area contributed by atoms with Crippen molar-refractivity contribution in [1.29, 1.82) is 0 Å². The molecule has 1 heterocycles. The maximum Gasteiger partial charge on any atom is 0.243 e. The average Bonchev–Trinajstić information content (AvgIpc) is 2.31. The zero-order valence-corrected chi connectivity index (χ0v) is 8.82. The molecule has 0 saturated carbocycles. The first-order valence-electron chi connectivity index (χ1n) is 4.65. The van der Waals surface area contributed by atoms with Crippen molar-refractivity contribution in [2.45, 2.75) is 45.9 Å². The smallest absolute Gasteiger partial charge is 0.243 e. The molecule has 0 aliphatic rings. The zero-order chi connectivity index (χ0) is 10.1. The van der Waals surface area contributed by atoms with Crippen LogP contribution in [-0.2, 0) is 6.54 Å². The fraction of sp³-hybridized carbons (Fsp3) is 0.700. The van der Waals surface area contributed by atoms with Gasteiger partial charge in [0.25, 0.3) is 0 Å². The first kappa shape index (κ1) is 10.3. The Balaban J connectivity index is 2.70. The fourth-order valence-electron chi connectivity index (χ4n) is 1.25. The molecule has 3 heteroatoms. The van der Waals surface area contributed by atoms with E-state index in [0.29, 0.717) is 12.6 Å². The van der Waals surface area contributed by atoms with Gasteiger partial charge in [-0.1, -0.05) is 19.4 Å². The van der Waals surface area contributed by atoms with Crippen LogP contribution in [0.5, 0.6) is 0 Å². The van der Waals surface area contributed by atoms with Crippen LogP contribution in [0.2, 0.25) is 0 Å². The van der Waals surface area contributed by atoms with E-state index in [4.69, 9.17) is 0 Å². The first-order chi connectivity index (χ1) is 5.88. The van der Waals surface area contributed by atoms with Gasteiger partial charge in [-0.3, -0.25) is 0 Å². The first-order valence-corrected chi connectivity index (χ1v) is 4.65. The molecule has 0 spiro atoms. The van der Waals surface area contributed by atoms with E-state index < -0.39 is 5.60 Å². The number of imidazole rings is 1. The van der Waals surface area contributed by atoms with Gasteiger partial charge in [-0.05, 0) is 13.8 Å². The Morgan fingerprint density at radius 3 is 2.46 bits per heavy atom. The molecule has 0 aromatic carbocycles. The van der Waals surface area contributed by atoms with Gasteiger partial charge in [-0.15, -0.1) is 0 Å². The lowest BCUT2D eigenvalue weighted by Crippen LogP contribution is -2.51. The van der Waals surface area contributed by atoms with Crippen LogP contribution in [0.25, 0.3) is 0 Å². The summed E-state index contributed by atoms with van der Waals surface area (Å²) in [6.07, 6.45) is 5.92. The number of rotatable bonds is 3. The lowest BCUT2D eigenvalue weighted by Gasteiger charge is -2.28. The van der Waals surface area contributed by atoms with Crippen LogP contribution < -0.4 is 9.67 Å². The number of aromatic nitrogens is 2. The summed E-state index contributed by atoms with van der Waals surface area (Å²) in [6, 6.07) is 0.455. The van der Waals surface area contributed by atoms with Crippen molar-refractivity contribution in [3.05, 3.63) is 18.7 Å². The lowest BCUT2D eigenvalue weighted by atomic mass is 10.1. The number of hydrogen-bond donors (Lipinski definition) is 0. The van der Waals surface area contributed by atoms with Crippen LogP contribution in [0.15, 0.2) is 18.7 Å². The highest BCUT2D eigenvalue weighted by Gasteiger charge is 2.10. The molecule has 0 aliphatic carbocycles. The third kappa shape index (κ3) is 3.19. The molecule has 0 aliphatic heterocycles. The largest absolute Gasteiger partial charge is 0.847 e. The Hall–Kier alpha value is -0.830. The lowest BCUT2D eigenvalue weighted by molar-refractivity contribution is -0.733. The summed E-state index contributed by atoms with van der Waals surface area (Å²) in [5.41, 5.74) is -0.895. The molecule has 0 atom stereocenters. The molecule has 1 aromatic rings. The van der Waals surface area contributed by atoms with E-state index in [1.54, 1.807) is 13.8 Å². The molecule has 0 unspecified atom stereocenters. The van der Waals surface area contributed by atoms with Crippen LogP contribution in [0, 0.1) is 0 Å². The highest BCUT2D eigenvalue weighted by molar-refractivity contribution is 4.70. The Labute approximate surface area is 79.6 Å². The van der Waals surface area contributed by atoms with E-state index in [9.17, 15) is 5.11 Å². The molecule has 0 N–H and O–H groups in total. The average molecular weight is 182 g/mol. The minimum Gasteiger partial charge on any atom is -0.847 e. The Bertz CT molecular complexity index is 271. The molecule has 74 valence electrons. The van der Waals surface area contributed by atoms with Crippen molar-refractivity contribution >= 4 is 0 Å². The van der Waals surface area contributed by atoms with Crippen LogP contribution in [0.3, 0.4) is 0 Å². The maximum absolute atomic E-state index is 11.4. The predicted octanol–water partition coefficient (Wildman–Crippen LogP) is 0.495. The van der Waals surface area contributed by atoms with Crippen LogP contribution in [0.1, 0.15) is 33.7 Å². The van der Waals surface area contributed by atoms with Crippen molar-refractivity contribution in [2.75, 3.05) is 0 Å². The van der Waals surface area contributed by atoms with Gasteiger partial charge >= 0.3 is 0 Å². The Morgan fingerprint density at radius 1 is 1.46 bits per heavy atom. The monoisotopic (exact) mass is 182 g/mol. The Kier molecular flexibility index (Phi) is 2.76. The number of nitrogens with zero attached hydrogens (tertiary/aromatic N) is 2. The molecule has 13 heavy (non-hydrogen) atoms. The van der Waals surface area contributed by atoms with Gasteiger partial charge in [0.15, 0.2) is 0 Å². The quantitative estimate of drug-likeness (QED) is 0.626.